The monoisotopic (exact) mass is 574 g/mol. The van der Waals surface area contributed by atoms with Crippen LogP contribution in [0.25, 0.3) is 0 Å². The van der Waals surface area contributed by atoms with Crippen molar-refractivity contribution in [2.24, 2.45) is 0 Å². The highest BCUT2D eigenvalue weighted by Crippen LogP contribution is 2.39. The number of carbonyl (C=O) groups is 1. The van der Waals surface area contributed by atoms with Gasteiger partial charge in [-0.15, -0.1) is 0 Å². The second-order valence-corrected chi connectivity index (χ2v) is 11.2. The van der Waals surface area contributed by atoms with Gasteiger partial charge in [-0.05, 0) is 40.0 Å². The Kier molecular flexibility index (Phi) is 17.2. The first-order chi connectivity index (χ1) is 19.6. The van der Waals surface area contributed by atoms with Crippen LogP contribution in [0.3, 0.4) is 0 Å². The zero-order valence-electron chi connectivity index (χ0n) is 25.4. The molecule has 0 aliphatic heterocycles. The minimum absolute atomic E-state index is 0.0887. The fourth-order valence-corrected chi connectivity index (χ4v) is 5.53. The third-order valence-electron chi connectivity index (χ3n) is 6.71. The molecule has 0 fully saturated rings. The lowest BCUT2D eigenvalue weighted by Crippen LogP contribution is -2.14. The van der Waals surface area contributed by atoms with Crippen LogP contribution in [0.2, 0.25) is 0 Å². The van der Waals surface area contributed by atoms with E-state index in [1.54, 1.807) is 26.4 Å². The Morgan fingerprint density at radius 1 is 0.625 bits per heavy atom. The Labute approximate surface area is 244 Å². The Balaban J connectivity index is 2.40. The summed E-state index contributed by atoms with van der Waals surface area (Å²) < 4.78 is 29.9. The van der Waals surface area contributed by atoms with Crippen molar-refractivity contribution in [3.63, 3.8) is 0 Å². The summed E-state index contributed by atoms with van der Waals surface area (Å²) in [6.07, 6.45) is 13.4. The molecule has 0 aliphatic rings. The predicted molar refractivity (Wildman–Crippen MR) is 167 cm³/mol. The Bertz CT molecular complexity index is 936. The summed E-state index contributed by atoms with van der Waals surface area (Å²) in [7, 11) is 2.90. The summed E-state index contributed by atoms with van der Waals surface area (Å²) in [4.78, 5) is 13.8. The van der Waals surface area contributed by atoms with Gasteiger partial charge in [-0.3, -0.25) is 4.79 Å². The minimum atomic E-state index is -0.229. The van der Waals surface area contributed by atoms with Crippen molar-refractivity contribution in [3.8, 4) is 28.7 Å². The minimum Gasteiger partial charge on any atom is -0.496 e. The number of unbranched alkanes of at least 4 members (excludes halogenated alkanes) is 9. The van der Waals surface area contributed by atoms with Crippen LogP contribution < -0.4 is 29.0 Å². The molecule has 7 heteroatoms. The summed E-state index contributed by atoms with van der Waals surface area (Å²) >= 11 is 0. The summed E-state index contributed by atoms with van der Waals surface area (Å²) in [6.45, 7) is 8.41. The average Bonchev–Trinajstić information content (AvgIpc) is 2.97. The van der Waals surface area contributed by atoms with E-state index in [1.807, 2.05) is 18.2 Å². The van der Waals surface area contributed by atoms with Crippen LogP contribution in [0.5, 0.6) is 28.7 Å². The van der Waals surface area contributed by atoms with Crippen molar-refractivity contribution in [2.45, 2.75) is 97.8 Å². The van der Waals surface area contributed by atoms with E-state index in [0.29, 0.717) is 48.4 Å². The molecule has 6 nitrogen and oxygen atoms in total. The fourth-order valence-electron chi connectivity index (χ4n) is 4.39. The predicted octanol–water partition coefficient (Wildman–Crippen LogP) is 8.73. The zero-order valence-corrected chi connectivity index (χ0v) is 26.4. The standard InChI is InChI=1S/C33H51O6P/c1-6-9-12-15-21-37-26-24-29(38-22-16-13-10-7-2)32(30(25-26)39-23-17-14-11-8-3)40-33(34)31-27(35-4)19-18-20-28(31)36-5/h18-20,24-25,40H,6-17,21-23H2,1-5H3. The molecule has 2 aromatic rings. The van der Waals surface area contributed by atoms with Crippen LogP contribution in [0.1, 0.15) is 108 Å². The Morgan fingerprint density at radius 2 is 1.07 bits per heavy atom. The molecule has 0 radical (unpaired) electrons. The van der Waals surface area contributed by atoms with Gasteiger partial charge in [-0.25, -0.2) is 0 Å². The van der Waals surface area contributed by atoms with E-state index in [2.05, 4.69) is 20.8 Å². The molecule has 1 unspecified atom stereocenters. The van der Waals surface area contributed by atoms with E-state index >= 15 is 0 Å². The van der Waals surface area contributed by atoms with Gasteiger partial charge in [0.15, 0.2) is 5.52 Å². The lowest BCUT2D eigenvalue weighted by Gasteiger charge is -2.19. The van der Waals surface area contributed by atoms with E-state index < -0.39 is 0 Å². The van der Waals surface area contributed by atoms with E-state index in [0.717, 1.165) is 49.6 Å². The van der Waals surface area contributed by atoms with Gasteiger partial charge in [0.05, 0.1) is 39.3 Å². The highest BCUT2D eigenvalue weighted by molar-refractivity contribution is 7.66. The zero-order chi connectivity index (χ0) is 29.0. The van der Waals surface area contributed by atoms with Crippen molar-refractivity contribution < 1.29 is 28.5 Å². The molecule has 0 saturated heterocycles. The quantitative estimate of drug-likeness (QED) is 0.0977. The van der Waals surface area contributed by atoms with Gasteiger partial charge in [0, 0.05) is 12.1 Å². The molecule has 2 rings (SSSR count). The molecule has 0 aliphatic carbocycles. The maximum absolute atomic E-state index is 13.8. The first-order valence-electron chi connectivity index (χ1n) is 15.2. The molecule has 0 bridgehead atoms. The topological polar surface area (TPSA) is 63.2 Å². The SMILES string of the molecule is CCCCCCOc1cc(OCCCCCC)c(PC(=O)c2c(OC)cccc2OC)c(OCCCCCC)c1. The van der Waals surface area contributed by atoms with Gasteiger partial charge in [-0.2, -0.15) is 0 Å². The highest BCUT2D eigenvalue weighted by Gasteiger charge is 2.24. The molecule has 1 atom stereocenters. The molecule has 224 valence electrons. The molecule has 0 heterocycles. The molecule has 0 amide bonds. The second-order valence-electron chi connectivity index (χ2n) is 10.0. The largest absolute Gasteiger partial charge is 0.496 e. The van der Waals surface area contributed by atoms with Crippen molar-refractivity contribution in [3.05, 3.63) is 35.9 Å². The van der Waals surface area contributed by atoms with Gasteiger partial charge in [-0.1, -0.05) is 84.6 Å². The van der Waals surface area contributed by atoms with Crippen LogP contribution in [0, 0.1) is 0 Å². The summed E-state index contributed by atoms with van der Waals surface area (Å²) in [5, 5.41) is 0.766. The number of benzene rings is 2. The van der Waals surface area contributed by atoms with Crippen molar-refractivity contribution >= 4 is 19.4 Å². The highest BCUT2D eigenvalue weighted by atomic mass is 31.1. The Hall–Kier alpha value is -2.46. The van der Waals surface area contributed by atoms with Crippen LogP contribution in [0.15, 0.2) is 30.3 Å². The lowest BCUT2D eigenvalue weighted by molar-refractivity contribution is 0.108. The van der Waals surface area contributed by atoms with Gasteiger partial charge < -0.3 is 23.7 Å². The van der Waals surface area contributed by atoms with Crippen molar-refractivity contribution in [1.29, 1.82) is 0 Å². The fraction of sp³-hybridized carbons (Fsp3) is 0.606. The molecular formula is C33H51O6P. The summed E-state index contributed by atoms with van der Waals surface area (Å²) in [5.41, 5.74) is 0.346. The normalized spacial score (nSPS) is 11.1. The maximum atomic E-state index is 13.8. The third-order valence-corrected chi connectivity index (χ3v) is 7.93. The molecule has 0 saturated carbocycles. The van der Waals surface area contributed by atoms with Gasteiger partial charge in [0.2, 0.25) is 0 Å². The number of carbonyl (C=O) groups excluding carboxylic acids is 1. The van der Waals surface area contributed by atoms with Crippen LogP contribution in [-0.4, -0.2) is 39.6 Å². The van der Waals surface area contributed by atoms with E-state index in [9.17, 15) is 4.79 Å². The molecule has 2 aromatic carbocycles. The number of rotatable bonds is 23. The van der Waals surface area contributed by atoms with Crippen LogP contribution in [-0.2, 0) is 0 Å². The number of hydrogen-bond acceptors (Lipinski definition) is 6. The van der Waals surface area contributed by atoms with Gasteiger partial charge in [0.1, 0.15) is 34.3 Å². The molecule has 0 N–H and O–H groups in total. The lowest BCUT2D eigenvalue weighted by atomic mass is 10.2. The Morgan fingerprint density at radius 3 is 1.50 bits per heavy atom. The third kappa shape index (κ3) is 11.6. The number of methoxy groups -OCH3 is 2. The van der Waals surface area contributed by atoms with Gasteiger partial charge >= 0.3 is 0 Å². The van der Waals surface area contributed by atoms with Gasteiger partial charge in [0.25, 0.3) is 0 Å². The number of hydrogen-bond donors (Lipinski definition) is 0. The molecule has 0 spiro atoms. The summed E-state index contributed by atoms with van der Waals surface area (Å²) in [6, 6.07) is 9.25. The molecule has 40 heavy (non-hydrogen) atoms. The maximum Gasteiger partial charge on any atom is 0.193 e. The number of ether oxygens (including phenoxy) is 5. The second kappa shape index (κ2) is 20.4. The first kappa shape index (κ1) is 33.7. The average molecular weight is 575 g/mol. The van der Waals surface area contributed by atoms with Crippen molar-refractivity contribution in [2.75, 3.05) is 34.0 Å². The van der Waals surface area contributed by atoms with Crippen LogP contribution >= 0.6 is 8.58 Å². The molecule has 0 aromatic heterocycles. The van der Waals surface area contributed by atoms with E-state index in [4.69, 9.17) is 23.7 Å². The van der Waals surface area contributed by atoms with Crippen LogP contribution in [0.4, 0.5) is 0 Å². The first-order valence-corrected chi connectivity index (χ1v) is 16.2. The summed E-state index contributed by atoms with van der Waals surface area (Å²) in [5.74, 6) is 3.03. The van der Waals surface area contributed by atoms with Crippen molar-refractivity contribution in [1.82, 2.24) is 0 Å². The van der Waals surface area contributed by atoms with E-state index in [-0.39, 0.29) is 14.1 Å². The van der Waals surface area contributed by atoms with E-state index in [1.165, 1.54) is 38.5 Å². The molecular weight excluding hydrogens is 523 g/mol. The smallest absolute Gasteiger partial charge is 0.193 e.